The van der Waals surface area contributed by atoms with Crippen molar-refractivity contribution in [2.24, 2.45) is 5.92 Å². The smallest absolute Gasteiger partial charge is 0.260 e. The molecule has 1 spiro atoms. The molecular formula is C25H30FNO4. The molecule has 0 bridgehead atoms. The third kappa shape index (κ3) is 5.56. The van der Waals surface area contributed by atoms with Gasteiger partial charge in [0.1, 0.15) is 17.3 Å². The van der Waals surface area contributed by atoms with Crippen LogP contribution in [0.5, 0.6) is 11.5 Å². The van der Waals surface area contributed by atoms with Gasteiger partial charge in [0.05, 0.1) is 12.7 Å². The number of methoxy groups -OCH3 is 1. The number of halogens is 1. The molecule has 2 heterocycles. The van der Waals surface area contributed by atoms with Crippen molar-refractivity contribution in [3.05, 3.63) is 59.9 Å². The van der Waals surface area contributed by atoms with Crippen LogP contribution in [0.4, 0.5) is 4.39 Å². The summed E-state index contributed by atoms with van der Waals surface area (Å²) in [5.41, 5.74) is 1.21. The van der Waals surface area contributed by atoms with Crippen molar-refractivity contribution in [3.8, 4) is 11.5 Å². The van der Waals surface area contributed by atoms with Crippen LogP contribution in [0.2, 0.25) is 0 Å². The zero-order chi connectivity index (χ0) is 21.7. The Kier molecular flexibility index (Phi) is 6.76. The van der Waals surface area contributed by atoms with Crippen molar-refractivity contribution in [3.63, 3.8) is 0 Å². The van der Waals surface area contributed by atoms with Crippen LogP contribution in [0.15, 0.2) is 48.5 Å². The fourth-order valence-corrected chi connectivity index (χ4v) is 4.68. The number of hydrogen-bond acceptors (Lipinski definition) is 4. The molecule has 0 saturated carbocycles. The lowest BCUT2D eigenvalue weighted by Gasteiger charge is -2.46. The Balaban J connectivity index is 1.26. The summed E-state index contributed by atoms with van der Waals surface area (Å²) in [4.78, 5) is 14.4. The number of carbonyl (C=O) groups is 1. The summed E-state index contributed by atoms with van der Waals surface area (Å²) in [6.07, 6.45) is 4.86. The average Bonchev–Trinajstić information content (AvgIpc) is 2.80. The molecule has 166 valence electrons. The van der Waals surface area contributed by atoms with Crippen molar-refractivity contribution in [1.29, 1.82) is 0 Å². The second kappa shape index (κ2) is 9.69. The van der Waals surface area contributed by atoms with E-state index in [9.17, 15) is 9.18 Å². The summed E-state index contributed by atoms with van der Waals surface area (Å²) in [6.45, 7) is 2.11. The maximum absolute atomic E-state index is 13.0. The Morgan fingerprint density at radius 2 is 1.77 bits per heavy atom. The van der Waals surface area contributed by atoms with E-state index in [4.69, 9.17) is 14.2 Å². The number of rotatable bonds is 6. The third-order valence-corrected chi connectivity index (χ3v) is 6.48. The van der Waals surface area contributed by atoms with E-state index in [0.717, 1.165) is 44.5 Å². The van der Waals surface area contributed by atoms with Crippen LogP contribution in [-0.2, 0) is 16.0 Å². The minimum absolute atomic E-state index is 0.0282. The molecule has 2 aromatic carbocycles. The van der Waals surface area contributed by atoms with E-state index < -0.39 is 0 Å². The van der Waals surface area contributed by atoms with Crippen molar-refractivity contribution < 1.29 is 23.4 Å². The summed E-state index contributed by atoms with van der Waals surface area (Å²) >= 11 is 0. The number of piperidine rings is 1. The normalized spacial score (nSPS) is 20.5. The minimum atomic E-state index is -0.321. The number of ether oxygens (including phenoxy) is 3. The van der Waals surface area contributed by atoms with Crippen LogP contribution in [0, 0.1) is 11.7 Å². The highest BCUT2D eigenvalue weighted by molar-refractivity contribution is 5.77. The first-order chi connectivity index (χ1) is 15.0. The van der Waals surface area contributed by atoms with E-state index in [1.54, 1.807) is 7.11 Å². The van der Waals surface area contributed by atoms with Gasteiger partial charge in [-0.15, -0.1) is 0 Å². The molecule has 2 aliphatic rings. The maximum atomic E-state index is 13.0. The number of benzene rings is 2. The largest absolute Gasteiger partial charge is 0.497 e. The zero-order valence-electron chi connectivity index (χ0n) is 18.0. The van der Waals surface area contributed by atoms with Gasteiger partial charge in [-0.2, -0.15) is 0 Å². The Labute approximate surface area is 183 Å². The van der Waals surface area contributed by atoms with E-state index in [2.05, 4.69) is 12.1 Å². The molecule has 1 amide bonds. The molecular weight excluding hydrogens is 397 g/mol. The number of hydrogen-bond donors (Lipinski definition) is 0. The SMILES string of the molecule is COc1ccc(CC2CCOC3(CCN(C(=O)COc4ccc(F)cc4)CC3)C2)cc1. The number of amides is 1. The molecule has 6 heteroatoms. The van der Waals surface area contributed by atoms with E-state index in [1.165, 1.54) is 29.8 Å². The van der Waals surface area contributed by atoms with Gasteiger partial charge in [0, 0.05) is 19.7 Å². The van der Waals surface area contributed by atoms with Crippen LogP contribution < -0.4 is 9.47 Å². The van der Waals surface area contributed by atoms with Gasteiger partial charge in [-0.25, -0.2) is 4.39 Å². The average molecular weight is 428 g/mol. The van der Waals surface area contributed by atoms with Gasteiger partial charge in [-0.05, 0) is 80.0 Å². The van der Waals surface area contributed by atoms with Crippen molar-refractivity contribution in [1.82, 2.24) is 4.90 Å². The van der Waals surface area contributed by atoms with Crippen LogP contribution in [0.25, 0.3) is 0 Å². The summed E-state index contributed by atoms with van der Waals surface area (Å²) in [6, 6.07) is 14.0. The van der Waals surface area contributed by atoms with Gasteiger partial charge < -0.3 is 19.1 Å². The van der Waals surface area contributed by atoms with E-state index in [0.29, 0.717) is 24.8 Å². The quantitative estimate of drug-likeness (QED) is 0.692. The molecule has 4 rings (SSSR count). The lowest BCUT2D eigenvalue weighted by atomic mass is 9.77. The second-order valence-corrected chi connectivity index (χ2v) is 8.57. The first kappa shape index (κ1) is 21.6. The van der Waals surface area contributed by atoms with Crippen LogP contribution in [0.1, 0.15) is 31.2 Å². The fourth-order valence-electron chi connectivity index (χ4n) is 4.68. The molecule has 2 aliphatic heterocycles. The van der Waals surface area contributed by atoms with Gasteiger partial charge in [0.2, 0.25) is 0 Å². The van der Waals surface area contributed by atoms with E-state index in [-0.39, 0.29) is 23.9 Å². The summed E-state index contributed by atoms with van der Waals surface area (Å²) in [5, 5.41) is 0. The highest BCUT2D eigenvalue weighted by Gasteiger charge is 2.41. The monoisotopic (exact) mass is 427 g/mol. The van der Waals surface area contributed by atoms with Crippen LogP contribution in [-0.4, -0.2) is 49.8 Å². The predicted molar refractivity (Wildman–Crippen MR) is 116 cm³/mol. The number of carbonyl (C=O) groups excluding carboxylic acids is 1. The maximum Gasteiger partial charge on any atom is 0.260 e. The van der Waals surface area contributed by atoms with Crippen LogP contribution >= 0.6 is 0 Å². The van der Waals surface area contributed by atoms with Gasteiger partial charge >= 0.3 is 0 Å². The highest BCUT2D eigenvalue weighted by Crippen LogP contribution is 2.39. The molecule has 31 heavy (non-hydrogen) atoms. The Morgan fingerprint density at radius 1 is 1.10 bits per heavy atom. The predicted octanol–water partition coefficient (Wildman–Crippen LogP) is 4.24. The molecule has 5 nitrogen and oxygen atoms in total. The fraction of sp³-hybridized carbons (Fsp3) is 0.480. The Bertz CT molecular complexity index is 860. The molecule has 0 N–H and O–H groups in total. The minimum Gasteiger partial charge on any atom is -0.497 e. The standard InChI is InChI=1S/C25H30FNO4/c1-29-22-6-2-19(3-7-22)16-20-10-15-31-25(17-20)11-13-27(14-12-25)24(28)18-30-23-8-4-21(26)5-9-23/h2-9,20H,10-18H2,1H3. The zero-order valence-corrected chi connectivity index (χ0v) is 18.0. The summed E-state index contributed by atoms with van der Waals surface area (Å²) < 4.78 is 30.0. The van der Waals surface area contributed by atoms with Crippen molar-refractivity contribution in [2.45, 2.75) is 37.7 Å². The lowest BCUT2D eigenvalue weighted by Crippen LogP contribution is -2.51. The Hall–Kier alpha value is -2.60. The van der Waals surface area contributed by atoms with Crippen LogP contribution in [0.3, 0.4) is 0 Å². The first-order valence-electron chi connectivity index (χ1n) is 11.0. The van der Waals surface area contributed by atoms with Gasteiger partial charge in [-0.1, -0.05) is 12.1 Å². The van der Waals surface area contributed by atoms with Crippen molar-refractivity contribution in [2.75, 3.05) is 33.4 Å². The third-order valence-electron chi connectivity index (χ3n) is 6.48. The van der Waals surface area contributed by atoms with Crippen molar-refractivity contribution >= 4 is 5.91 Å². The molecule has 2 fully saturated rings. The molecule has 2 saturated heterocycles. The first-order valence-corrected chi connectivity index (χ1v) is 11.0. The van der Waals surface area contributed by atoms with Gasteiger partial charge in [-0.3, -0.25) is 4.79 Å². The lowest BCUT2D eigenvalue weighted by molar-refractivity contribution is -0.148. The molecule has 1 unspecified atom stereocenters. The second-order valence-electron chi connectivity index (χ2n) is 8.57. The molecule has 2 aromatic rings. The van der Waals surface area contributed by atoms with E-state index >= 15 is 0 Å². The summed E-state index contributed by atoms with van der Waals surface area (Å²) in [7, 11) is 1.68. The number of nitrogens with zero attached hydrogens (tertiary/aromatic N) is 1. The number of likely N-dealkylation sites (tertiary alicyclic amines) is 1. The van der Waals surface area contributed by atoms with Gasteiger partial charge in [0.25, 0.3) is 5.91 Å². The molecule has 1 atom stereocenters. The topological polar surface area (TPSA) is 48.0 Å². The molecule has 0 aromatic heterocycles. The highest BCUT2D eigenvalue weighted by atomic mass is 19.1. The van der Waals surface area contributed by atoms with E-state index in [1.807, 2.05) is 17.0 Å². The Morgan fingerprint density at radius 3 is 2.45 bits per heavy atom. The molecule has 0 radical (unpaired) electrons. The molecule has 0 aliphatic carbocycles. The van der Waals surface area contributed by atoms with Gasteiger partial charge in [0.15, 0.2) is 6.61 Å². The summed E-state index contributed by atoms with van der Waals surface area (Å²) in [5.74, 6) is 1.61.